The molecular formula is C15H17IN2O2. The van der Waals surface area contributed by atoms with Crippen LogP contribution in [-0.2, 0) is 4.74 Å². The second kappa shape index (κ2) is 5.95. The summed E-state index contributed by atoms with van der Waals surface area (Å²) in [4.78, 5) is 11.8. The van der Waals surface area contributed by atoms with Gasteiger partial charge in [-0.15, -0.1) is 0 Å². The molecule has 0 bridgehead atoms. The van der Waals surface area contributed by atoms with Gasteiger partial charge in [0.1, 0.15) is 0 Å². The van der Waals surface area contributed by atoms with Crippen LogP contribution in [-0.4, -0.2) is 22.9 Å². The second-order valence-corrected chi connectivity index (χ2v) is 6.02. The molecule has 0 N–H and O–H groups in total. The first kappa shape index (κ1) is 15.0. The Kier molecular flexibility index (Phi) is 4.47. The molecule has 1 heterocycles. The first-order valence-corrected chi connectivity index (χ1v) is 7.47. The fourth-order valence-corrected chi connectivity index (χ4v) is 3.20. The van der Waals surface area contributed by atoms with Crippen molar-refractivity contribution in [1.82, 2.24) is 9.78 Å². The minimum atomic E-state index is -0.401. The average Bonchev–Trinajstić information content (AvgIpc) is 2.76. The molecule has 0 amide bonds. The highest BCUT2D eigenvalue weighted by Crippen LogP contribution is 2.27. The zero-order chi connectivity index (χ0) is 14.9. The van der Waals surface area contributed by atoms with Crippen molar-refractivity contribution in [2.45, 2.75) is 26.7 Å². The number of hydrogen-bond donors (Lipinski definition) is 0. The smallest absolute Gasteiger partial charge is 0.359 e. The molecule has 0 aliphatic heterocycles. The number of nitrogens with zero attached hydrogens (tertiary/aromatic N) is 2. The fourth-order valence-electron chi connectivity index (χ4n) is 2.02. The van der Waals surface area contributed by atoms with Crippen LogP contribution in [0.25, 0.3) is 5.69 Å². The number of aromatic nitrogens is 2. The van der Waals surface area contributed by atoms with E-state index in [0.717, 1.165) is 15.0 Å². The van der Waals surface area contributed by atoms with Crippen molar-refractivity contribution in [3.63, 3.8) is 0 Å². The summed E-state index contributed by atoms with van der Waals surface area (Å²) >= 11 is 2.16. The Morgan fingerprint density at radius 1 is 1.30 bits per heavy atom. The van der Waals surface area contributed by atoms with Crippen LogP contribution in [0.4, 0.5) is 0 Å². The van der Waals surface area contributed by atoms with E-state index in [-0.39, 0.29) is 5.92 Å². The van der Waals surface area contributed by atoms with E-state index in [2.05, 4.69) is 41.5 Å². The van der Waals surface area contributed by atoms with Gasteiger partial charge in [0.2, 0.25) is 0 Å². The molecule has 106 valence electrons. The van der Waals surface area contributed by atoms with Crippen LogP contribution in [0.2, 0.25) is 0 Å². The molecule has 4 nitrogen and oxygen atoms in total. The number of benzene rings is 1. The average molecular weight is 384 g/mol. The summed E-state index contributed by atoms with van der Waals surface area (Å²) in [5, 5.41) is 4.44. The molecule has 20 heavy (non-hydrogen) atoms. The van der Waals surface area contributed by atoms with Crippen LogP contribution < -0.4 is 0 Å². The molecule has 0 atom stereocenters. The van der Waals surface area contributed by atoms with Gasteiger partial charge < -0.3 is 4.74 Å². The van der Waals surface area contributed by atoms with Gasteiger partial charge in [0.05, 0.1) is 22.1 Å². The number of aryl methyl sites for hydroxylation is 1. The largest absolute Gasteiger partial charge is 0.464 e. The Morgan fingerprint density at radius 3 is 2.40 bits per heavy atom. The standard InChI is InChI=1S/C15H17IN2O2/c1-9(2)14-12(16)13(15(19)20-4)17-18(14)11-7-5-10(3)6-8-11/h5-9H,1-4H3. The van der Waals surface area contributed by atoms with E-state index in [1.165, 1.54) is 12.7 Å². The van der Waals surface area contributed by atoms with Crippen molar-refractivity contribution in [2.75, 3.05) is 7.11 Å². The van der Waals surface area contributed by atoms with Crippen LogP contribution >= 0.6 is 22.6 Å². The molecular weight excluding hydrogens is 367 g/mol. The van der Waals surface area contributed by atoms with Gasteiger partial charge in [-0.25, -0.2) is 9.48 Å². The summed E-state index contributed by atoms with van der Waals surface area (Å²) < 4.78 is 7.48. The Hall–Kier alpha value is -1.37. The van der Waals surface area contributed by atoms with E-state index in [0.29, 0.717) is 5.69 Å². The first-order valence-electron chi connectivity index (χ1n) is 6.39. The number of esters is 1. The van der Waals surface area contributed by atoms with Crippen molar-refractivity contribution in [2.24, 2.45) is 0 Å². The number of rotatable bonds is 3. The van der Waals surface area contributed by atoms with Gasteiger partial charge in [-0.3, -0.25) is 0 Å². The minimum absolute atomic E-state index is 0.258. The van der Waals surface area contributed by atoms with Crippen LogP contribution in [0.15, 0.2) is 24.3 Å². The fraction of sp³-hybridized carbons (Fsp3) is 0.333. The molecule has 0 fully saturated rings. The van der Waals surface area contributed by atoms with E-state index in [1.54, 1.807) is 0 Å². The molecule has 1 aromatic carbocycles. The molecule has 0 unspecified atom stereocenters. The molecule has 2 aromatic rings. The maximum Gasteiger partial charge on any atom is 0.359 e. The van der Waals surface area contributed by atoms with Crippen LogP contribution in [0, 0.1) is 10.5 Å². The summed E-state index contributed by atoms with van der Waals surface area (Å²) in [5.41, 5.74) is 3.54. The molecule has 0 saturated carbocycles. The van der Waals surface area contributed by atoms with Gasteiger partial charge in [-0.1, -0.05) is 31.5 Å². The van der Waals surface area contributed by atoms with Gasteiger partial charge in [-0.05, 0) is 47.6 Å². The molecule has 2 rings (SSSR count). The summed E-state index contributed by atoms with van der Waals surface area (Å²) in [6.45, 7) is 6.22. The van der Waals surface area contributed by atoms with Gasteiger partial charge >= 0.3 is 5.97 Å². The summed E-state index contributed by atoms with van der Waals surface area (Å²) in [5.74, 6) is -0.142. The normalized spacial score (nSPS) is 10.9. The highest BCUT2D eigenvalue weighted by Gasteiger charge is 2.24. The topological polar surface area (TPSA) is 44.1 Å². The van der Waals surface area contributed by atoms with Crippen molar-refractivity contribution in [3.8, 4) is 5.69 Å². The molecule has 1 aromatic heterocycles. The number of carbonyl (C=O) groups excluding carboxylic acids is 1. The maximum atomic E-state index is 11.8. The minimum Gasteiger partial charge on any atom is -0.464 e. The van der Waals surface area contributed by atoms with E-state index in [4.69, 9.17) is 4.74 Å². The number of carbonyl (C=O) groups is 1. The molecule has 0 aliphatic carbocycles. The molecule has 0 spiro atoms. The lowest BCUT2D eigenvalue weighted by Crippen LogP contribution is -2.05. The molecule has 5 heteroatoms. The monoisotopic (exact) mass is 384 g/mol. The number of methoxy groups -OCH3 is 1. The Bertz CT molecular complexity index is 630. The molecule has 0 saturated heterocycles. The van der Waals surface area contributed by atoms with E-state index >= 15 is 0 Å². The summed E-state index contributed by atoms with van der Waals surface area (Å²) in [6.07, 6.45) is 0. The molecule has 0 radical (unpaired) electrons. The zero-order valence-electron chi connectivity index (χ0n) is 12.0. The zero-order valence-corrected chi connectivity index (χ0v) is 14.1. The summed E-state index contributed by atoms with van der Waals surface area (Å²) in [7, 11) is 1.37. The predicted molar refractivity (Wildman–Crippen MR) is 86.4 cm³/mol. The van der Waals surface area contributed by atoms with Crippen molar-refractivity contribution < 1.29 is 9.53 Å². The van der Waals surface area contributed by atoms with Gasteiger partial charge in [-0.2, -0.15) is 5.10 Å². The number of halogens is 1. The Labute approximate surface area is 132 Å². The quantitative estimate of drug-likeness (QED) is 0.599. The van der Waals surface area contributed by atoms with Gasteiger partial charge in [0, 0.05) is 0 Å². The predicted octanol–water partition coefficient (Wildman–Crippen LogP) is 3.70. The van der Waals surface area contributed by atoms with Crippen molar-refractivity contribution in [1.29, 1.82) is 0 Å². The van der Waals surface area contributed by atoms with Crippen molar-refractivity contribution in [3.05, 3.63) is 44.8 Å². The lowest BCUT2D eigenvalue weighted by Gasteiger charge is -2.10. The Morgan fingerprint density at radius 2 is 1.90 bits per heavy atom. The van der Waals surface area contributed by atoms with E-state index in [9.17, 15) is 4.79 Å². The first-order chi connectivity index (χ1) is 9.45. The third kappa shape index (κ3) is 2.72. The highest BCUT2D eigenvalue weighted by atomic mass is 127. The van der Waals surface area contributed by atoms with Gasteiger partial charge in [0.15, 0.2) is 5.69 Å². The third-order valence-electron chi connectivity index (χ3n) is 3.07. The van der Waals surface area contributed by atoms with Gasteiger partial charge in [0.25, 0.3) is 0 Å². The van der Waals surface area contributed by atoms with Crippen LogP contribution in [0.5, 0.6) is 0 Å². The van der Waals surface area contributed by atoms with Crippen molar-refractivity contribution >= 4 is 28.6 Å². The molecule has 0 aliphatic rings. The third-order valence-corrected chi connectivity index (χ3v) is 4.13. The van der Waals surface area contributed by atoms with Crippen LogP contribution in [0.1, 0.15) is 41.5 Å². The maximum absolute atomic E-state index is 11.8. The second-order valence-electron chi connectivity index (χ2n) is 4.94. The lowest BCUT2D eigenvalue weighted by atomic mass is 10.1. The van der Waals surface area contributed by atoms with E-state index in [1.807, 2.05) is 35.9 Å². The number of ether oxygens (including phenoxy) is 1. The van der Waals surface area contributed by atoms with E-state index < -0.39 is 5.97 Å². The van der Waals surface area contributed by atoms with Crippen LogP contribution in [0.3, 0.4) is 0 Å². The lowest BCUT2D eigenvalue weighted by molar-refractivity contribution is 0.0592. The highest BCUT2D eigenvalue weighted by molar-refractivity contribution is 14.1. The SMILES string of the molecule is COC(=O)c1nn(-c2ccc(C)cc2)c(C(C)C)c1I. The number of hydrogen-bond acceptors (Lipinski definition) is 3. The summed E-state index contributed by atoms with van der Waals surface area (Å²) in [6, 6.07) is 8.08. The Balaban J connectivity index is 2.62.